The zero-order chi connectivity index (χ0) is 22.5. The summed E-state index contributed by atoms with van der Waals surface area (Å²) in [6, 6.07) is 15.8. The summed E-state index contributed by atoms with van der Waals surface area (Å²) in [4.78, 5) is 25.1. The first-order chi connectivity index (χ1) is 15.5. The second-order valence-corrected chi connectivity index (χ2v) is 8.72. The van der Waals surface area contributed by atoms with Crippen LogP contribution in [-0.4, -0.2) is 47.6 Å². The van der Waals surface area contributed by atoms with Crippen LogP contribution in [0.2, 0.25) is 5.02 Å². The third kappa shape index (κ3) is 5.50. The Bertz CT molecular complexity index is 1090. The molecular weight excluding hydrogens is 422 g/mol. The van der Waals surface area contributed by atoms with Gasteiger partial charge in [-0.3, -0.25) is 14.7 Å². The average molecular weight is 452 g/mol. The van der Waals surface area contributed by atoms with Gasteiger partial charge in [-0.2, -0.15) is 0 Å². The van der Waals surface area contributed by atoms with Gasteiger partial charge in [-0.15, -0.1) is 0 Å². The summed E-state index contributed by atoms with van der Waals surface area (Å²) in [6.45, 7) is 9.61. The van der Waals surface area contributed by atoms with Gasteiger partial charge in [0, 0.05) is 54.6 Å². The number of aromatic nitrogens is 2. The van der Waals surface area contributed by atoms with Gasteiger partial charge in [0.15, 0.2) is 0 Å². The molecule has 168 valence electrons. The molecule has 0 bridgehead atoms. The first-order valence-electron chi connectivity index (χ1n) is 11.2. The fourth-order valence-corrected chi connectivity index (χ4v) is 4.25. The molecule has 1 saturated heterocycles. The molecule has 0 amide bonds. The third-order valence-corrected chi connectivity index (χ3v) is 6.18. The monoisotopic (exact) mass is 451 g/mol. The van der Waals surface area contributed by atoms with Crippen molar-refractivity contribution >= 4 is 28.9 Å². The van der Waals surface area contributed by atoms with Crippen LogP contribution in [0, 0.1) is 6.92 Å². The predicted octanol–water partition coefficient (Wildman–Crippen LogP) is 4.60. The lowest BCUT2D eigenvalue weighted by molar-refractivity contribution is 0.258. The highest BCUT2D eigenvalue weighted by Gasteiger charge is 2.16. The molecule has 1 fully saturated rings. The summed E-state index contributed by atoms with van der Waals surface area (Å²) in [6.07, 6.45) is 1.73. The van der Waals surface area contributed by atoms with Crippen molar-refractivity contribution in [1.82, 2.24) is 14.9 Å². The van der Waals surface area contributed by atoms with E-state index in [4.69, 9.17) is 11.6 Å². The summed E-state index contributed by atoms with van der Waals surface area (Å²) < 4.78 is 0. The van der Waals surface area contributed by atoms with E-state index < -0.39 is 0 Å². The SMILES string of the molecule is CCCN1CCN(c2ccc(Nc3nc(C)c(Cc4ccc(Cl)cc4)c(=O)[nH]3)cc2)CC1. The van der Waals surface area contributed by atoms with E-state index in [1.165, 1.54) is 18.7 Å². The number of nitrogens with zero attached hydrogens (tertiary/aromatic N) is 3. The van der Waals surface area contributed by atoms with Crippen LogP contribution < -0.4 is 15.8 Å². The number of nitrogens with one attached hydrogen (secondary N) is 2. The highest BCUT2D eigenvalue weighted by Crippen LogP contribution is 2.21. The molecule has 32 heavy (non-hydrogen) atoms. The molecule has 0 atom stereocenters. The number of rotatable bonds is 7. The molecule has 2 N–H and O–H groups in total. The standard InChI is InChI=1S/C25H30ClN5O/c1-3-12-30-13-15-31(16-14-30)22-10-8-21(9-11-22)28-25-27-18(2)23(24(32)29-25)17-19-4-6-20(26)7-5-19/h4-11H,3,12-17H2,1-2H3,(H2,27,28,29,32). The second-order valence-electron chi connectivity index (χ2n) is 8.28. The Morgan fingerprint density at radius 2 is 1.72 bits per heavy atom. The summed E-state index contributed by atoms with van der Waals surface area (Å²) in [5, 5.41) is 3.91. The van der Waals surface area contributed by atoms with Crippen LogP contribution in [0.1, 0.15) is 30.2 Å². The van der Waals surface area contributed by atoms with Gasteiger partial charge in [0.1, 0.15) is 0 Å². The Hall–Kier alpha value is -2.83. The van der Waals surface area contributed by atoms with Gasteiger partial charge in [0.2, 0.25) is 5.95 Å². The van der Waals surface area contributed by atoms with Crippen LogP contribution in [-0.2, 0) is 6.42 Å². The van der Waals surface area contributed by atoms with Gasteiger partial charge < -0.3 is 10.2 Å². The number of hydrogen-bond donors (Lipinski definition) is 2. The topological polar surface area (TPSA) is 64.3 Å². The number of aryl methyl sites for hydroxylation is 1. The van der Waals surface area contributed by atoms with E-state index >= 15 is 0 Å². The van der Waals surface area contributed by atoms with Crippen LogP contribution in [0.3, 0.4) is 0 Å². The minimum Gasteiger partial charge on any atom is -0.369 e. The van der Waals surface area contributed by atoms with E-state index in [0.717, 1.165) is 37.4 Å². The molecule has 7 heteroatoms. The van der Waals surface area contributed by atoms with Crippen LogP contribution in [0.5, 0.6) is 0 Å². The first-order valence-corrected chi connectivity index (χ1v) is 11.6. The highest BCUT2D eigenvalue weighted by atomic mass is 35.5. The van der Waals surface area contributed by atoms with Crippen molar-refractivity contribution in [2.24, 2.45) is 0 Å². The van der Waals surface area contributed by atoms with E-state index in [2.05, 4.69) is 44.1 Å². The van der Waals surface area contributed by atoms with Gasteiger partial charge in [0.05, 0.1) is 5.69 Å². The Labute approximate surface area is 194 Å². The van der Waals surface area contributed by atoms with E-state index in [-0.39, 0.29) is 5.56 Å². The van der Waals surface area contributed by atoms with Crippen molar-refractivity contribution in [3.05, 3.63) is 80.7 Å². The highest BCUT2D eigenvalue weighted by molar-refractivity contribution is 6.30. The van der Waals surface area contributed by atoms with Crippen molar-refractivity contribution in [3.63, 3.8) is 0 Å². The van der Waals surface area contributed by atoms with Crippen LogP contribution >= 0.6 is 11.6 Å². The number of piperazine rings is 1. The molecule has 0 radical (unpaired) electrons. The number of benzene rings is 2. The van der Waals surface area contributed by atoms with Gasteiger partial charge >= 0.3 is 0 Å². The molecule has 2 aromatic carbocycles. The normalized spacial score (nSPS) is 14.5. The fourth-order valence-electron chi connectivity index (χ4n) is 4.12. The number of hydrogen-bond acceptors (Lipinski definition) is 5. The van der Waals surface area contributed by atoms with Crippen molar-refractivity contribution in [2.45, 2.75) is 26.7 Å². The summed E-state index contributed by atoms with van der Waals surface area (Å²) in [5.41, 5.74) is 4.39. The maximum Gasteiger partial charge on any atom is 0.256 e. The molecule has 4 rings (SSSR count). The molecule has 1 aliphatic heterocycles. The Morgan fingerprint density at radius 1 is 1.03 bits per heavy atom. The molecule has 2 heterocycles. The zero-order valence-corrected chi connectivity index (χ0v) is 19.5. The lowest BCUT2D eigenvalue weighted by Crippen LogP contribution is -2.46. The number of anilines is 3. The van der Waals surface area contributed by atoms with E-state index in [1.54, 1.807) is 0 Å². The van der Waals surface area contributed by atoms with Crippen molar-refractivity contribution in [3.8, 4) is 0 Å². The second kappa shape index (κ2) is 10.2. The molecule has 0 saturated carbocycles. The Balaban J connectivity index is 1.41. The summed E-state index contributed by atoms with van der Waals surface area (Å²) in [5.74, 6) is 0.452. The molecule has 1 aromatic heterocycles. The van der Waals surface area contributed by atoms with Gasteiger partial charge in [-0.05, 0) is 61.9 Å². The Morgan fingerprint density at radius 3 is 2.34 bits per heavy atom. The molecule has 3 aromatic rings. The van der Waals surface area contributed by atoms with Gasteiger partial charge in [-0.1, -0.05) is 30.7 Å². The zero-order valence-electron chi connectivity index (χ0n) is 18.7. The maximum absolute atomic E-state index is 12.7. The molecule has 1 aliphatic rings. The minimum atomic E-state index is -0.128. The molecule has 6 nitrogen and oxygen atoms in total. The van der Waals surface area contributed by atoms with E-state index in [1.807, 2.05) is 43.3 Å². The van der Waals surface area contributed by atoms with Gasteiger partial charge in [0.25, 0.3) is 5.56 Å². The van der Waals surface area contributed by atoms with Crippen LogP contribution in [0.4, 0.5) is 17.3 Å². The third-order valence-electron chi connectivity index (χ3n) is 5.92. The first kappa shape index (κ1) is 22.4. The van der Waals surface area contributed by atoms with Crippen LogP contribution in [0.25, 0.3) is 0 Å². The number of halogens is 1. The smallest absolute Gasteiger partial charge is 0.256 e. The van der Waals surface area contributed by atoms with Crippen molar-refractivity contribution in [1.29, 1.82) is 0 Å². The number of aromatic amines is 1. The van der Waals surface area contributed by atoms with Crippen LogP contribution in [0.15, 0.2) is 53.3 Å². The largest absolute Gasteiger partial charge is 0.369 e. The van der Waals surface area contributed by atoms with E-state index in [0.29, 0.717) is 28.6 Å². The lowest BCUT2D eigenvalue weighted by Gasteiger charge is -2.36. The van der Waals surface area contributed by atoms with E-state index in [9.17, 15) is 4.79 Å². The Kier molecular flexibility index (Phi) is 7.12. The predicted molar refractivity (Wildman–Crippen MR) is 133 cm³/mol. The molecular formula is C25H30ClN5O. The summed E-state index contributed by atoms with van der Waals surface area (Å²) in [7, 11) is 0. The molecule has 0 unspecified atom stereocenters. The average Bonchev–Trinajstić information content (AvgIpc) is 2.79. The van der Waals surface area contributed by atoms with Gasteiger partial charge in [-0.25, -0.2) is 4.98 Å². The summed E-state index contributed by atoms with van der Waals surface area (Å²) >= 11 is 5.95. The lowest BCUT2D eigenvalue weighted by atomic mass is 10.1. The van der Waals surface area contributed by atoms with Crippen molar-refractivity contribution < 1.29 is 0 Å². The maximum atomic E-state index is 12.7. The minimum absolute atomic E-state index is 0.128. The molecule has 0 spiro atoms. The van der Waals surface area contributed by atoms with Crippen molar-refractivity contribution in [2.75, 3.05) is 42.9 Å². The quantitative estimate of drug-likeness (QED) is 0.549. The molecule has 0 aliphatic carbocycles. The number of H-pyrrole nitrogens is 1. The fraction of sp³-hybridized carbons (Fsp3) is 0.360.